The molecule has 2 heterocycles. The maximum Gasteiger partial charge on any atom is 0.129 e. The van der Waals surface area contributed by atoms with Crippen LogP contribution < -0.4 is 14.2 Å². The van der Waals surface area contributed by atoms with Crippen LogP contribution in [-0.4, -0.2) is 23.9 Å². The molecule has 2 aromatic rings. The SMILES string of the molecule is CCCCOc1ccc([C@H]2COc3c(c(C)cc4c3CCC(C)(C)O4)C2)c(O)c1. The average Bonchev–Trinajstić information content (AvgIpc) is 2.67. The summed E-state index contributed by atoms with van der Waals surface area (Å²) in [4.78, 5) is 0. The summed E-state index contributed by atoms with van der Waals surface area (Å²) in [5.41, 5.74) is 4.43. The number of fused-ring (bicyclic) bond motifs is 3. The molecule has 4 rings (SSSR count). The second-order valence-corrected chi connectivity index (χ2v) is 8.97. The van der Waals surface area contributed by atoms with Gasteiger partial charge in [-0.3, -0.25) is 0 Å². The van der Waals surface area contributed by atoms with Gasteiger partial charge in [0.1, 0.15) is 28.6 Å². The van der Waals surface area contributed by atoms with Gasteiger partial charge in [0.15, 0.2) is 0 Å². The molecule has 0 fully saturated rings. The minimum absolute atomic E-state index is 0.127. The van der Waals surface area contributed by atoms with Gasteiger partial charge in [-0.25, -0.2) is 0 Å². The van der Waals surface area contributed by atoms with Gasteiger partial charge in [-0.1, -0.05) is 19.4 Å². The molecule has 1 atom stereocenters. The molecule has 0 unspecified atom stereocenters. The number of aromatic hydroxyl groups is 1. The molecule has 0 saturated heterocycles. The van der Waals surface area contributed by atoms with Gasteiger partial charge in [0, 0.05) is 23.1 Å². The third kappa shape index (κ3) is 4.03. The first-order valence-electron chi connectivity index (χ1n) is 10.8. The zero-order chi connectivity index (χ0) is 20.6. The molecule has 156 valence electrons. The molecular formula is C25H32O4. The summed E-state index contributed by atoms with van der Waals surface area (Å²) >= 11 is 0. The fraction of sp³-hybridized carbons (Fsp3) is 0.520. The van der Waals surface area contributed by atoms with Crippen LogP contribution in [-0.2, 0) is 12.8 Å². The molecular weight excluding hydrogens is 364 g/mol. The quantitative estimate of drug-likeness (QED) is 0.659. The Morgan fingerprint density at radius 2 is 2.03 bits per heavy atom. The van der Waals surface area contributed by atoms with Crippen LogP contribution in [0.2, 0.25) is 0 Å². The molecule has 0 spiro atoms. The summed E-state index contributed by atoms with van der Waals surface area (Å²) in [5.74, 6) is 3.11. The highest BCUT2D eigenvalue weighted by Gasteiger charge is 2.33. The number of unbranched alkanes of at least 4 members (excludes halogenated alkanes) is 1. The van der Waals surface area contributed by atoms with E-state index in [0.717, 1.165) is 54.9 Å². The third-order valence-corrected chi connectivity index (χ3v) is 6.12. The second-order valence-electron chi connectivity index (χ2n) is 8.97. The topological polar surface area (TPSA) is 47.9 Å². The summed E-state index contributed by atoms with van der Waals surface area (Å²) in [5, 5.41) is 10.6. The van der Waals surface area contributed by atoms with E-state index < -0.39 is 0 Å². The van der Waals surface area contributed by atoms with E-state index in [1.54, 1.807) is 6.07 Å². The van der Waals surface area contributed by atoms with Gasteiger partial charge in [0.25, 0.3) is 0 Å². The van der Waals surface area contributed by atoms with Crippen molar-refractivity contribution >= 4 is 0 Å². The van der Waals surface area contributed by atoms with Crippen LogP contribution in [0.15, 0.2) is 24.3 Å². The highest BCUT2D eigenvalue weighted by atomic mass is 16.5. The molecule has 0 aliphatic carbocycles. The maximum atomic E-state index is 10.6. The van der Waals surface area contributed by atoms with Crippen LogP contribution in [0.3, 0.4) is 0 Å². The Bertz CT molecular complexity index is 900. The first-order chi connectivity index (χ1) is 13.9. The van der Waals surface area contributed by atoms with Gasteiger partial charge < -0.3 is 19.3 Å². The van der Waals surface area contributed by atoms with Crippen molar-refractivity contribution < 1.29 is 19.3 Å². The lowest BCUT2D eigenvalue weighted by Crippen LogP contribution is -2.33. The van der Waals surface area contributed by atoms with Crippen LogP contribution in [0.25, 0.3) is 0 Å². The highest BCUT2D eigenvalue weighted by Crippen LogP contribution is 2.46. The van der Waals surface area contributed by atoms with E-state index in [1.807, 2.05) is 12.1 Å². The van der Waals surface area contributed by atoms with Crippen molar-refractivity contribution in [2.75, 3.05) is 13.2 Å². The van der Waals surface area contributed by atoms with Gasteiger partial charge in [-0.05, 0) is 69.7 Å². The van der Waals surface area contributed by atoms with Crippen molar-refractivity contribution in [1.82, 2.24) is 0 Å². The number of phenolic OH excluding ortho intramolecular Hbond substituents is 1. The number of hydrogen-bond acceptors (Lipinski definition) is 4. The molecule has 2 aliphatic rings. The Balaban J connectivity index is 1.56. The van der Waals surface area contributed by atoms with E-state index in [9.17, 15) is 5.11 Å². The lowest BCUT2D eigenvalue weighted by molar-refractivity contribution is 0.0825. The smallest absolute Gasteiger partial charge is 0.129 e. The van der Waals surface area contributed by atoms with Crippen molar-refractivity contribution in [3.8, 4) is 23.0 Å². The molecule has 4 heteroatoms. The molecule has 0 aromatic heterocycles. The Morgan fingerprint density at radius 3 is 2.79 bits per heavy atom. The van der Waals surface area contributed by atoms with E-state index in [4.69, 9.17) is 14.2 Å². The Hall–Kier alpha value is -2.36. The largest absolute Gasteiger partial charge is 0.508 e. The number of aryl methyl sites for hydroxylation is 1. The van der Waals surface area contributed by atoms with Gasteiger partial charge in [0.05, 0.1) is 13.2 Å². The molecule has 0 amide bonds. The van der Waals surface area contributed by atoms with E-state index in [0.29, 0.717) is 13.2 Å². The van der Waals surface area contributed by atoms with Gasteiger partial charge in [0.2, 0.25) is 0 Å². The van der Waals surface area contributed by atoms with Crippen molar-refractivity contribution in [3.05, 3.63) is 46.5 Å². The minimum atomic E-state index is -0.127. The molecule has 2 aromatic carbocycles. The number of rotatable bonds is 5. The van der Waals surface area contributed by atoms with Crippen molar-refractivity contribution in [1.29, 1.82) is 0 Å². The summed E-state index contributed by atoms with van der Waals surface area (Å²) in [6.07, 6.45) is 4.93. The van der Waals surface area contributed by atoms with Crippen LogP contribution in [0.5, 0.6) is 23.0 Å². The number of benzene rings is 2. The Kier molecular flexibility index (Phi) is 5.37. The fourth-order valence-electron chi connectivity index (χ4n) is 4.36. The van der Waals surface area contributed by atoms with E-state index in [1.165, 1.54) is 16.7 Å². The monoisotopic (exact) mass is 396 g/mol. The summed E-state index contributed by atoms with van der Waals surface area (Å²) in [7, 11) is 0. The molecule has 2 aliphatic heterocycles. The van der Waals surface area contributed by atoms with Crippen LogP contribution >= 0.6 is 0 Å². The van der Waals surface area contributed by atoms with Crippen LogP contribution in [0.4, 0.5) is 0 Å². The van der Waals surface area contributed by atoms with E-state index in [-0.39, 0.29) is 17.3 Å². The molecule has 0 radical (unpaired) electrons. The predicted octanol–water partition coefficient (Wildman–Crippen LogP) is 5.70. The van der Waals surface area contributed by atoms with E-state index >= 15 is 0 Å². The normalized spacial score (nSPS) is 19.5. The zero-order valence-corrected chi connectivity index (χ0v) is 18.0. The van der Waals surface area contributed by atoms with Crippen LogP contribution in [0, 0.1) is 6.92 Å². The van der Waals surface area contributed by atoms with Crippen LogP contribution in [0.1, 0.15) is 68.2 Å². The van der Waals surface area contributed by atoms with Gasteiger partial charge >= 0.3 is 0 Å². The maximum absolute atomic E-state index is 10.6. The van der Waals surface area contributed by atoms with Crippen molar-refractivity contribution in [3.63, 3.8) is 0 Å². The lowest BCUT2D eigenvalue weighted by atomic mass is 9.84. The first-order valence-corrected chi connectivity index (χ1v) is 10.8. The first kappa shape index (κ1) is 19.9. The fourth-order valence-corrected chi connectivity index (χ4v) is 4.36. The van der Waals surface area contributed by atoms with Gasteiger partial charge in [-0.15, -0.1) is 0 Å². The molecule has 0 bridgehead atoms. The predicted molar refractivity (Wildman–Crippen MR) is 115 cm³/mol. The average molecular weight is 397 g/mol. The van der Waals surface area contributed by atoms with Crippen molar-refractivity contribution in [2.45, 2.75) is 71.3 Å². The van der Waals surface area contributed by atoms with Gasteiger partial charge in [-0.2, -0.15) is 0 Å². The standard InChI is InChI=1S/C25H32O4/c1-5-6-11-27-18-7-8-19(22(26)14-18)17-13-21-16(2)12-23-20(24(21)28-15-17)9-10-25(3,4)29-23/h7-8,12,14,17,26H,5-6,9-11,13,15H2,1-4H3/t17-/m1/s1. The highest BCUT2D eigenvalue weighted by molar-refractivity contribution is 5.57. The zero-order valence-electron chi connectivity index (χ0n) is 18.0. The molecule has 4 nitrogen and oxygen atoms in total. The Morgan fingerprint density at radius 1 is 1.21 bits per heavy atom. The summed E-state index contributed by atoms with van der Waals surface area (Å²) in [6, 6.07) is 7.83. The van der Waals surface area contributed by atoms with E-state index in [2.05, 4.69) is 33.8 Å². The number of phenols is 1. The number of ether oxygens (including phenoxy) is 3. The minimum Gasteiger partial charge on any atom is -0.508 e. The third-order valence-electron chi connectivity index (χ3n) is 6.12. The summed E-state index contributed by atoms with van der Waals surface area (Å²) in [6.45, 7) is 9.78. The lowest BCUT2D eigenvalue weighted by Gasteiger charge is -2.36. The Labute approximate surface area is 173 Å². The molecule has 0 saturated carbocycles. The summed E-state index contributed by atoms with van der Waals surface area (Å²) < 4.78 is 18.2. The van der Waals surface area contributed by atoms with Crippen molar-refractivity contribution in [2.24, 2.45) is 0 Å². The molecule has 29 heavy (non-hydrogen) atoms. The molecule has 1 N–H and O–H groups in total. The number of hydrogen-bond donors (Lipinski definition) is 1. The second kappa shape index (κ2) is 7.81.